The van der Waals surface area contributed by atoms with Crippen LogP contribution in [0.15, 0.2) is 16.9 Å². The molecule has 0 spiro atoms. The highest BCUT2D eigenvalue weighted by atomic mass is 32.2. The lowest BCUT2D eigenvalue weighted by Crippen LogP contribution is -2.58. The maximum Gasteiger partial charge on any atom is 0.410 e. The molecule has 1 aromatic heterocycles. The molecule has 3 aliphatic rings. The number of morpholine rings is 1. The molecule has 2 saturated heterocycles. The van der Waals surface area contributed by atoms with Gasteiger partial charge in [0.2, 0.25) is 0 Å². The van der Waals surface area contributed by atoms with Gasteiger partial charge in [-0.3, -0.25) is 4.79 Å². The van der Waals surface area contributed by atoms with Gasteiger partial charge in [0.1, 0.15) is 11.9 Å². The molecule has 0 bridgehead atoms. The number of hydrogen-bond acceptors (Lipinski definition) is 6. The number of pyridine rings is 1. The Morgan fingerprint density at radius 1 is 1.21 bits per heavy atom. The van der Waals surface area contributed by atoms with Crippen LogP contribution < -0.4 is 15.4 Å². The molecule has 2 atom stereocenters. The van der Waals surface area contributed by atoms with Crippen LogP contribution in [-0.2, 0) is 4.74 Å². The normalized spacial score (nSPS) is 27.9. The molecule has 10 heteroatoms. The first kappa shape index (κ1) is 20.9. The van der Waals surface area contributed by atoms with Crippen molar-refractivity contribution in [2.45, 2.75) is 49.7 Å². The molecule has 1 aromatic rings. The molecule has 0 aromatic carbocycles. The number of H-pyrrole nitrogens is 1. The minimum absolute atomic E-state index is 0.0596. The fourth-order valence-electron chi connectivity index (χ4n) is 3.93. The van der Waals surface area contributed by atoms with E-state index in [1.165, 1.54) is 11.0 Å². The predicted octanol–water partition coefficient (Wildman–Crippen LogP) is 2.85. The van der Waals surface area contributed by atoms with Crippen molar-refractivity contribution in [1.82, 2.24) is 9.29 Å². The molecule has 0 amide bonds. The Bertz CT molecular complexity index is 798. The Labute approximate surface area is 172 Å². The predicted molar refractivity (Wildman–Crippen MR) is 109 cm³/mol. The molecule has 162 valence electrons. The van der Waals surface area contributed by atoms with Gasteiger partial charge in [-0.1, -0.05) is 11.9 Å². The highest BCUT2D eigenvalue weighted by molar-refractivity contribution is 7.98. The van der Waals surface area contributed by atoms with Crippen molar-refractivity contribution in [2.75, 3.05) is 49.2 Å². The quantitative estimate of drug-likeness (QED) is 0.739. The number of nitrogens with one attached hydrogen (secondary N) is 1. The molecule has 2 aliphatic heterocycles. The fraction of sp³-hybridized carbons (Fsp3) is 0.737. The minimum atomic E-state index is -4.39. The Morgan fingerprint density at radius 2 is 1.97 bits per heavy atom. The minimum Gasteiger partial charge on any atom is -0.377 e. The van der Waals surface area contributed by atoms with Crippen LogP contribution in [0.25, 0.3) is 0 Å². The van der Waals surface area contributed by atoms with Gasteiger partial charge < -0.3 is 19.5 Å². The van der Waals surface area contributed by atoms with Gasteiger partial charge in [-0.25, -0.2) is 4.31 Å². The van der Waals surface area contributed by atoms with Crippen LogP contribution in [0.4, 0.5) is 24.7 Å². The van der Waals surface area contributed by atoms with E-state index in [2.05, 4.69) is 11.9 Å². The van der Waals surface area contributed by atoms with E-state index in [1.807, 2.05) is 16.1 Å². The largest absolute Gasteiger partial charge is 0.410 e. The molecule has 4 rings (SSSR count). The van der Waals surface area contributed by atoms with E-state index in [0.29, 0.717) is 32.0 Å². The summed E-state index contributed by atoms with van der Waals surface area (Å²) in [4.78, 5) is 18.2. The van der Waals surface area contributed by atoms with Crippen LogP contribution in [0.2, 0.25) is 0 Å². The summed E-state index contributed by atoms with van der Waals surface area (Å²) in [7, 11) is 0. The maximum absolute atomic E-state index is 13.9. The highest BCUT2D eigenvalue weighted by Gasteiger charge is 2.49. The average Bonchev–Trinajstić information content (AvgIpc) is 3.37. The lowest BCUT2D eigenvalue weighted by molar-refractivity contribution is -0.153. The van der Waals surface area contributed by atoms with Gasteiger partial charge in [-0.2, -0.15) is 13.2 Å². The molecular weight excluding hydrogens is 405 g/mol. The lowest BCUT2D eigenvalue weighted by Gasteiger charge is -2.43. The third-order valence-electron chi connectivity index (χ3n) is 5.85. The van der Waals surface area contributed by atoms with E-state index < -0.39 is 12.2 Å². The number of piperazine rings is 1. The topological polar surface area (TPSA) is 51.8 Å². The molecular formula is C19H27F3N4O2S. The van der Waals surface area contributed by atoms with Crippen LogP contribution in [0.3, 0.4) is 0 Å². The van der Waals surface area contributed by atoms with Crippen molar-refractivity contribution >= 4 is 23.5 Å². The second-order valence-corrected chi connectivity index (χ2v) is 10.1. The molecule has 6 nitrogen and oxygen atoms in total. The standard InChI is InChI=1S/C19H27F3N4O2S/c1-13-12-28-8-7-25(13)14-9-16(23-17(27)10-14)26-6-5-24(29-18(2)3-4-18)11-15(26)19(20,21)22/h9-10,13,15H,3-8,11-12H2,1-2H3,(H,23,27). The zero-order chi connectivity index (χ0) is 20.8. The number of ether oxygens (including phenoxy) is 1. The third-order valence-corrected chi connectivity index (χ3v) is 7.29. The van der Waals surface area contributed by atoms with E-state index in [1.54, 1.807) is 18.0 Å². The van der Waals surface area contributed by atoms with Gasteiger partial charge in [0, 0.05) is 54.8 Å². The number of rotatable bonds is 4. The first-order chi connectivity index (χ1) is 13.6. The average molecular weight is 433 g/mol. The molecule has 1 aliphatic carbocycles. The number of hydrogen-bond donors (Lipinski definition) is 1. The van der Waals surface area contributed by atoms with Gasteiger partial charge >= 0.3 is 6.18 Å². The van der Waals surface area contributed by atoms with Crippen LogP contribution in [-0.4, -0.2) is 71.7 Å². The molecule has 3 fully saturated rings. The van der Waals surface area contributed by atoms with Crippen LogP contribution >= 0.6 is 11.9 Å². The number of nitrogens with zero attached hydrogens (tertiary/aromatic N) is 3. The van der Waals surface area contributed by atoms with Gasteiger partial charge in [-0.15, -0.1) is 0 Å². The summed E-state index contributed by atoms with van der Waals surface area (Å²) in [6.45, 7) is 6.37. The van der Waals surface area contributed by atoms with Crippen molar-refractivity contribution < 1.29 is 17.9 Å². The summed E-state index contributed by atoms with van der Waals surface area (Å²) in [5, 5.41) is 0. The van der Waals surface area contributed by atoms with Crippen molar-refractivity contribution in [3.63, 3.8) is 0 Å². The summed E-state index contributed by atoms with van der Waals surface area (Å²) in [6, 6.07) is 1.53. The molecule has 29 heavy (non-hydrogen) atoms. The van der Waals surface area contributed by atoms with Gasteiger partial charge in [0.15, 0.2) is 0 Å². The Kier molecular flexibility index (Phi) is 5.54. The second kappa shape index (κ2) is 7.70. The second-order valence-electron chi connectivity index (χ2n) is 8.39. The Hall–Kier alpha value is -1.39. The number of aromatic nitrogens is 1. The van der Waals surface area contributed by atoms with Crippen molar-refractivity contribution in [3.8, 4) is 0 Å². The fourth-order valence-corrected chi connectivity index (χ4v) is 5.23. The number of alkyl halides is 3. The van der Waals surface area contributed by atoms with E-state index in [0.717, 1.165) is 12.8 Å². The molecule has 0 radical (unpaired) electrons. The summed E-state index contributed by atoms with van der Waals surface area (Å²) in [5.41, 5.74) is 0.252. The Morgan fingerprint density at radius 3 is 2.62 bits per heavy atom. The van der Waals surface area contributed by atoms with Crippen molar-refractivity contribution in [3.05, 3.63) is 22.5 Å². The SMILES string of the molecule is CC1COCCN1c1cc(N2CCN(SC3(C)CC3)CC2C(F)(F)F)[nH]c(=O)c1. The first-order valence-corrected chi connectivity index (χ1v) is 10.8. The molecule has 2 unspecified atom stereocenters. The zero-order valence-corrected chi connectivity index (χ0v) is 17.5. The summed E-state index contributed by atoms with van der Waals surface area (Å²) < 4.78 is 49.1. The molecule has 1 saturated carbocycles. The van der Waals surface area contributed by atoms with Crippen molar-refractivity contribution in [1.29, 1.82) is 0 Å². The molecule has 1 N–H and O–H groups in total. The Balaban J connectivity index is 1.59. The van der Waals surface area contributed by atoms with E-state index >= 15 is 0 Å². The van der Waals surface area contributed by atoms with E-state index in [-0.39, 0.29) is 35.3 Å². The zero-order valence-electron chi connectivity index (χ0n) is 16.7. The van der Waals surface area contributed by atoms with Crippen LogP contribution in [0, 0.1) is 0 Å². The van der Waals surface area contributed by atoms with Crippen molar-refractivity contribution in [2.24, 2.45) is 0 Å². The monoisotopic (exact) mass is 432 g/mol. The summed E-state index contributed by atoms with van der Waals surface area (Å²) in [6.07, 6.45) is -2.30. The van der Waals surface area contributed by atoms with E-state index in [4.69, 9.17) is 4.74 Å². The van der Waals surface area contributed by atoms with Crippen LogP contribution in [0.5, 0.6) is 0 Å². The smallest absolute Gasteiger partial charge is 0.377 e. The first-order valence-electron chi connectivity index (χ1n) is 10.0. The number of aromatic amines is 1. The van der Waals surface area contributed by atoms with Gasteiger partial charge in [0.25, 0.3) is 5.56 Å². The van der Waals surface area contributed by atoms with Crippen LogP contribution in [0.1, 0.15) is 26.7 Å². The van der Waals surface area contributed by atoms with E-state index in [9.17, 15) is 18.0 Å². The van der Waals surface area contributed by atoms with Gasteiger partial charge in [0.05, 0.1) is 13.2 Å². The molecule has 3 heterocycles. The number of halogens is 3. The summed E-state index contributed by atoms with van der Waals surface area (Å²) >= 11 is 1.55. The number of anilines is 2. The highest BCUT2D eigenvalue weighted by Crippen LogP contribution is 2.50. The lowest BCUT2D eigenvalue weighted by atomic mass is 10.1. The summed E-state index contributed by atoms with van der Waals surface area (Å²) in [5.74, 6) is 0.232. The third kappa shape index (κ3) is 4.69. The maximum atomic E-state index is 13.9. The van der Waals surface area contributed by atoms with Gasteiger partial charge in [-0.05, 0) is 26.7 Å².